The molecule has 1 rings (SSSR count). The van der Waals surface area contributed by atoms with E-state index in [-0.39, 0.29) is 11.8 Å². The second kappa shape index (κ2) is 7.00. The van der Waals surface area contributed by atoms with Gasteiger partial charge in [0.2, 0.25) is 5.91 Å². The maximum absolute atomic E-state index is 12.1. The van der Waals surface area contributed by atoms with Gasteiger partial charge < -0.3 is 10.6 Å². The molecule has 1 aliphatic carbocycles. The zero-order valence-electron chi connectivity index (χ0n) is 11.8. The van der Waals surface area contributed by atoms with Gasteiger partial charge in [0, 0.05) is 18.6 Å². The van der Waals surface area contributed by atoms with Crippen LogP contribution in [0.2, 0.25) is 0 Å². The zero-order valence-corrected chi connectivity index (χ0v) is 11.8. The van der Waals surface area contributed by atoms with E-state index < -0.39 is 0 Å². The van der Waals surface area contributed by atoms with Crippen molar-refractivity contribution in [2.24, 2.45) is 11.8 Å². The average molecular weight is 240 g/mol. The lowest BCUT2D eigenvalue weighted by atomic mass is 10.0. The van der Waals surface area contributed by atoms with Gasteiger partial charge in [-0.3, -0.25) is 4.79 Å². The molecular formula is C14H28N2O. The summed E-state index contributed by atoms with van der Waals surface area (Å²) in [5.74, 6) is 1.09. The Bertz CT molecular complexity index is 238. The minimum absolute atomic E-state index is 0.185. The maximum atomic E-state index is 12.1. The SMILES string of the molecule is CC(C)CCNC(=O)[C@H]1CCC[C@H]1NC(C)C. The third-order valence-electron chi connectivity index (χ3n) is 3.42. The molecule has 1 fully saturated rings. The van der Waals surface area contributed by atoms with Crippen molar-refractivity contribution >= 4 is 5.91 Å². The van der Waals surface area contributed by atoms with Crippen LogP contribution in [-0.4, -0.2) is 24.5 Å². The number of carbonyl (C=O) groups is 1. The van der Waals surface area contributed by atoms with Crippen molar-refractivity contribution in [2.45, 2.75) is 65.5 Å². The molecule has 0 radical (unpaired) electrons. The fourth-order valence-corrected chi connectivity index (χ4v) is 2.52. The molecule has 0 heterocycles. The number of nitrogens with one attached hydrogen (secondary N) is 2. The maximum Gasteiger partial charge on any atom is 0.224 e. The second-order valence-corrected chi connectivity index (χ2v) is 5.94. The van der Waals surface area contributed by atoms with E-state index in [1.165, 1.54) is 6.42 Å². The van der Waals surface area contributed by atoms with Crippen molar-refractivity contribution in [1.29, 1.82) is 0 Å². The summed E-state index contributed by atoms with van der Waals surface area (Å²) in [7, 11) is 0. The molecule has 2 N–H and O–H groups in total. The fraction of sp³-hybridized carbons (Fsp3) is 0.929. The molecule has 0 aromatic heterocycles. The van der Waals surface area contributed by atoms with E-state index in [2.05, 4.69) is 38.3 Å². The monoisotopic (exact) mass is 240 g/mol. The Labute approximate surface area is 106 Å². The first-order valence-corrected chi connectivity index (χ1v) is 7.04. The fourth-order valence-electron chi connectivity index (χ4n) is 2.52. The van der Waals surface area contributed by atoms with E-state index in [4.69, 9.17) is 0 Å². The van der Waals surface area contributed by atoms with Gasteiger partial charge in [-0.1, -0.05) is 34.1 Å². The highest BCUT2D eigenvalue weighted by Crippen LogP contribution is 2.26. The summed E-state index contributed by atoms with van der Waals surface area (Å²) in [6, 6.07) is 0.845. The topological polar surface area (TPSA) is 41.1 Å². The summed E-state index contributed by atoms with van der Waals surface area (Å²) in [5.41, 5.74) is 0. The minimum atomic E-state index is 0.185. The molecule has 100 valence electrons. The largest absolute Gasteiger partial charge is 0.356 e. The summed E-state index contributed by atoms with van der Waals surface area (Å²) < 4.78 is 0. The molecule has 0 bridgehead atoms. The normalized spacial score (nSPS) is 24.6. The van der Waals surface area contributed by atoms with Gasteiger partial charge in [-0.25, -0.2) is 0 Å². The molecule has 3 heteroatoms. The summed E-state index contributed by atoms with van der Waals surface area (Å²) in [5, 5.41) is 6.59. The van der Waals surface area contributed by atoms with E-state index in [0.29, 0.717) is 18.0 Å². The Morgan fingerprint density at radius 1 is 1.24 bits per heavy atom. The van der Waals surface area contributed by atoms with E-state index in [0.717, 1.165) is 25.8 Å². The number of hydrogen-bond acceptors (Lipinski definition) is 2. The predicted molar refractivity (Wildman–Crippen MR) is 71.9 cm³/mol. The molecule has 0 spiro atoms. The standard InChI is InChI=1S/C14H28N2O/c1-10(2)8-9-15-14(17)12-6-5-7-13(12)16-11(3)4/h10-13,16H,5-9H2,1-4H3,(H,15,17)/t12-,13+/m0/s1. The number of carbonyl (C=O) groups excluding carboxylic acids is 1. The number of amides is 1. The summed E-state index contributed by atoms with van der Waals surface area (Å²) in [6.45, 7) is 9.48. The van der Waals surface area contributed by atoms with Gasteiger partial charge in [-0.05, 0) is 25.2 Å². The molecule has 0 aromatic carbocycles. The number of hydrogen-bond donors (Lipinski definition) is 2. The molecule has 0 aromatic rings. The summed E-state index contributed by atoms with van der Waals surface area (Å²) in [6.07, 6.45) is 4.42. The molecule has 0 aliphatic heterocycles. The van der Waals surface area contributed by atoms with Crippen LogP contribution < -0.4 is 10.6 Å². The lowest BCUT2D eigenvalue weighted by Crippen LogP contribution is -2.44. The van der Waals surface area contributed by atoms with Crippen molar-refractivity contribution in [3.05, 3.63) is 0 Å². The molecule has 3 nitrogen and oxygen atoms in total. The first-order chi connectivity index (χ1) is 8.00. The Morgan fingerprint density at radius 3 is 2.53 bits per heavy atom. The molecule has 0 unspecified atom stereocenters. The van der Waals surface area contributed by atoms with Crippen molar-refractivity contribution in [1.82, 2.24) is 10.6 Å². The summed E-state index contributed by atoms with van der Waals surface area (Å²) in [4.78, 5) is 12.1. The molecule has 0 saturated heterocycles. The highest BCUT2D eigenvalue weighted by Gasteiger charge is 2.32. The lowest BCUT2D eigenvalue weighted by Gasteiger charge is -2.22. The number of rotatable bonds is 6. The van der Waals surface area contributed by atoms with E-state index in [1.54, 1.807) is 0 Å². The van der Waals surface area contributed by atoms with Gasteiger partial charge >= 0.3 is 0 Å². The quantitative estimate of drug-likeness (QED) is 0.748. The molecule has 1 saturated carbocycles. The van der Waals surface area contributed by atoms with Crippen LogP contribution in [0.5, 0.6) is 0 Å². The van der Waals surface area contributed by atoms with Crippen molar-refractivity contribution in [2.75, 3.05) is 6.54 Å². The van der Waals surface area contributed by atoms with Crippen LogP contribution in [0.1, 0.15) is 53.4 Å². The Hall–Kier alpha value is -0.570. The third kappa shape index (κ3) is 5.07. The van der Waals surface area contributed by atoms with Crippen LogP contribution in [0.3, 0.4) is 0 Å². The van der Waals surface area contributed by atoms with Crippen LogP contribution in [0.25, 0.3) is 0 Å². The van der Waals surface area contributed by atoms with Gasteiger partial charge in [0.05, 0.1) is 5.92 Å². The lowest BCUT2D eigenvalue weighted by molar-refractivity contribution is -0.125. The van der Waals surface area contributed by atoms with Crippen LogP contribution in [-0.2, 0) is 4.79 Å². The second-order valence-electron chi connectivity index (χ2n) is 5.94. The smallest absolute Gasteiger partial charge is 0.224 e. The van der Waals surface area contributed by atoms with E-state index in [9.17, 15) is 4.79 Å². The van der Waals surface area contributed by atoms with E-state index >= 15 is 0 Å². The van der Waals surface area contributed by atoms with Crippen LogP contribution in [0.4, 0.5) is 0 Å². The summed E-state index contributed by atoms with van der Waals surface area (Å²) >= 11 is 0. The molecule has 1 aliphatic rings. The minimum Gasteiger partial charge on any atom is -0.356 e. The first-order valence-electron chi connectivity index (χ1n) is 7.04. The average Bonchev–Trinajstić information content (AvgIpc) is 2.64. The van der Waals surface area contributed by atoms with Crippen molar-refractivity contribution < 1.29 is 4.79 Å². The van der Waals surface area contributed by atoms with Crippen LogP contribution in [0, 0.1) is 11.8 Å². The van der Waals surface area contributed by atoms with Gasteiger partial charge in [0.15, 0.2) is 0 Å². The van der Waals surface area contributed by atoms with Crippen LogP contribution >= 0.6 is 0 Å². The van der Waals surface area contributed by atoms with Gasteiger partial charge in [0.1, 0.15) is 0 Å². The Kier molecular flexibility index (Phi) is 5.96. The van der Waals surface area contributed by atoms with Gasteiger partial charge in [-0.2, -0.15) is 0 Å². The van der Waals surface area contributed by atoms with Gasteiger partial charge in [0.25, 0.3) is 0 Å². The molecular weight excluding hydrogens is 212 g/mol. The molecule has 1 amide bonds. The van der Waals surface area contributed by atoms with Crippen molar-refractivity contribution in [3.8, 4) is 0 Å². The molecule has 2 atom stereocenters. The Morgan fingerprint density at radius 2 is 1.94 bits per heavy atom. The van der Waals surface area contributed by atoms with E-state index in [1.807, 2.05) is 0 Å². The van der Waals surface area contributed by atoms with Crippen LogP contribution in [0.15, 0.2) is 0 Å². The van der Waals surface area contributed by atoms with Gasteiger partial charge in [-0.15, -0.1) is 0 Å². The zero-order chi connectivity index (χ0) is 12.8. The highest BCUT2D eigenvalue weighted by molar-refractivity contribution is 5.79. The first kappa shape index (κ1) is 14.5. The Balaban J connectivity index is 2.34. The predicted octanol–water partition coefficient (Wildman–Crippen LogP) is 2.32. The third-order valence-corrected chi connectivity index (χ3v) is 3.42. The molecule has 17 heavy (non-hydrogen) atoms. The van der Waals surface area contributed by atoms with Crippen molar-refractivity contribution in [3.63, 3.8) is 0 Å². The highest BCUT2D eigenvalue weighted by atomic mass is 16.1.